The van der Waals surface area contributed by atoms with Gasteiger partial charge in [-0.1, -0.05) is 44.2 Å². The normalized spacial score (nSPS) is 16.8. The zero-order valence-electron chi connectivity index (χ0n) is 17.3. The number of para-hydroxylation sites is 1. The van der Waals surface area contributed by atoms with Gasteiger partial charge in [0, 0.05) is 32.7 Å². The summed E-state index contributed by atoms with van der Waals surface area (Å²) >= 11 is 0. The minimum Gasteiger partial charge on any atom is -0.320 e. The van der Waals surface area contributed by atoms with Gasteiger partial charge in [0.25, 0.3) is 0 Å². The number of rotatable bonds is 6. The van der Waals surface area contributed by atoms with Crippen LogP contribution in [0.2, 0.25) is 0 Å². The zero-order valence-corrected chi connectivity index (χ0v) is 17.3. The largest absolute Gasteiger partial charge is 0.320 e. The summed E-state index contributed by atoms with van der Waals surface area (Å²) in [6.07, 6.45) is 0. The fraction of sp³-hybridized carbons (Fsp3) is 0.435. The topological polar surface area (TPSA) is 35.6 Å². The van der Waals surface area contributed by atoms with Crippen LogP contribution in [0.1, 0.15) is 37.8 Å². The summed E-state index contributed by atoms with van der Waals surface area (Å²) in [6.45, 7) is 10.2. The first-order chi connectivity index (χ1) is 13.8. The maximum Gasteiger partial charge on any atom is 0.241 e. The quantitative estimate of drug-likeness (QED) is 0.787. The van der Waals surface area contributed by atoms with Gasteiger partial charge in [0.15, 0.2) is 0 Å². The van der Waals surface area contributed by atoms with Crippen molar-refractivity contribution < 1.29 is 13.6 Å². The van der Waals surface area contributed by atoms with E-state index in [1.54, 1.807) is 6.92 Å². The van der Waals surface area contributed by atoms with Gasteiger partial charge in [-0.05, 0) is 36.1 Å². The molecule has 1 aliphatic rings. The van der Waals surface area contributed by atoms with Crippen LogP contribution in [0, 0.1) is 11.6 Å². The van der Waals surface area contributed by atoms with Crippen LogP contribution in [0.25, 0.3) is 0 Å². The molecule has 1 amide bonds. The number of hydrogen-bond acceptors (Lipinski definition) is 3. The fourth-order valence-corrected chi connectivity index (χ4v) is 3.59. The second-order valence-corrected chi connectivity index (χ2v) is 7.97. The maximum absolute atomic E-state index is 13.8. The number of carbonyl (C=O) groups excluding carboxylic acids is 1. The summed E-state index contributed by atoms with van der Waals surface area (Å²) in [6, 6.07) is 11.8. The number of halogens is 2. The molecule has 1 unspecified atom stereocenters. The Hall–Kier alpha value is -2.31. The highest BCUT2D eigenvalue weighted by molar-refractivity contribution is 5.94. The summed E-state index contributed by atoms with van der Waals surface area (Å²) in [4.78, 5) is 16.9. The van der Waals surface area contributed by atoms with Crippen LogP contribution in [0.4, 0.5) is 14.5 Å². The first-order valence-corrected chi connectivity index (χ1v) is 10.1. The zero-order chi connectivity index (χ0) is 21.0. The number of carbonyl (C=O) groups is 1. The third-order valence-electron chi connectivity index (χ3n) is 5.60. The van der Waals surface area contributed by atoms with Crippen molar-refractivity contribution in [2.75, 3.05) is 31.5 Å². The van der Waals surface area contributed by atoms with Gasteiger partial charge in [0.2, 0.25) is 5.91 Å². The minimum atomic E-state index is -0.765. The Labute approximate surface area is 171 Å². The molecule has 1 atom stereocenters. The van der Waals surface area contributed by atoms with Gasteiger partial charge in [0.05, 0.1) is 6.04 Å². The van der Waals surface area contributed by atoms with Crippen molar-refractivity contribution >= 4 is 11.6 Å². The van der Waals surface area contributed by atoms with E-state index in [2.05, 4.69) is 48.3 Å². The number of benzene rings is 2. The molecule has 0 spiro atoms. The van der Waals surface area contributed by atoms with Crippen LogP contribution in [-0.2, 0) is 11.3 Å². The Bertz CT molecular complexity index is 810. The highest BCUT2D eigenvalue weighted by atomic mass is 19.1. The van der Waals surface area contributed by atoms with Gasteiger partial charge in [-0.15, -0.1) is 0 Å². The first kappa shape index (κ1) is 21.4. The van der Waals surface area contributed by atoms with E-state index in [4.69, 9.17) is 0 Å². The van der Waals surface area contributed by atoms with Crippen molar-refractivity contribution in [2.24, 2.45) is 0 Å². The summed E-state index contributed by atoms with van der Waals surface area (Å²) in [5.74, 6) is -1.40. The number of nitrogens with one attached hydrogen (secondary N) is 1. The van der Waals surface area contributed by atoms with E-state index in [-0.39, 0.29) is 5.69 Å². The average molecular weight is 402 g/mol. The second-order valence-electron chi connectivity index (χ2n) is 7.97. The number of piperazine rings is 1. The maximum atomic E-state index is 13.8. The summed E-state index contributed by atoms with van der Waals surface area (Å²) < 4.78 is 27.5. The van der Waals surface area contributed by atoms with Crippen molar-refractivity contribution in [3.63, 3.8) is 0 Å². The molecule has 6 heteroatoms. The fourth-order valence-electron chi connectivity index (χ4n) is 3.59. The van der Waals surface area contributed by atoms with E-state index >= 15 is 0 Å². The first-order valence-electron chi connectivity index (χ1n) is 10.1. The minimum absolute atomic E-state index is 0.382. The Kier molecular flexibility index (Phi) is 6.98. The number of hydrogen-bond donors (Lipinski definition) is 1. The molecule has 0 aromatic heterocycles. The van der Waals surface area contributed by atoms with E-state index in [0.29, 0.717) is 5.92 Å². The molecule has 29 heavy (non-hydrogen) atoms. The molecule has 0 aliphatic carbocycles. The Morgan fingerprint density at radius 1 is 0.966 bits per heavy atom. The van der Waals surface area contributed by atoms with Crippen molar-refractivity contribution in [3.8, 4) is 0 Å². The van der Waals surface area contributed by atoms with Crippen molar-refractivity contribution in [3.05, 3.63) is 65.2 Å². The average Bonchev–Trinajstić information content (AvgIpc) is 2.71. The third kappa shape index (κ3) is 5.40. The van der Waals surface area contributed by atoms with E-state index in [1.807, 2.05) is 4.90 Å². The molecule has 1 fully saturated rings. The number of anilines is 1. The van der Waals surface area contributed by atoms with E-state index in [1.165, 1.54) is 17.2 Å². The van der Waals surface area contributed by atoms with Crippen LogP contribution < -0.4 is 5.32 Å². The van der Waals surface area contributed by atoms with Gasteiger partial charge in [0.1, 0.15) is 17.3 Å². The van der Waals surface area contributed by atoms with Gasteiger partial charge in [-0.25, -0.2) is 8.78 Å². The van der Waals surface area contributed by atoms with Gasteiger partial charge >= 0.3 is 0 Å². The smallest absolute Gasteiger partial charge is 0.241 e. The number of nitrogens with zero attached hydrogens (tertiary/aromatic N) is 2. The molecule has 0 radical (unpaired) electrons. The number of amides is 1. The lowest BCUT2D eigenvalue weighted by atomic mass is 10.0. The predicted octanol–water partition coefficient (Wildman–Crippen LogP) is 4.23. The van der Waals surface area contributed by atoms with E-state index in [0.717, 1.165) is 44.9 Å². The standard InChI is InChI=1S/C23H29F2N3O/c1-16(2)19-9-7-18(8-10-19)15-27-11-13-28(14-12-27)17(3)23(29)26-22-20(24)5-4-6-21(22)25/h4-10,16-17H,11-15H2,1-3H3,(H,26,29). The summed E-state index contributed by atoms with van der Waals surface area (Å²) in [5.41, 5.74) is 2.24. The van der Waals surface area contributed by atoms with Gasteiger partial charge < -0.3 is 5.32 Å². The molecular formula is C23H29F2N3O. The molecule has 1 heterocycles. The SMILES string of the molecule is CC(C)c1ccc(CN2CCN(C(C)C(=O)Nc3c(F)cccc3F)CC2)cc1. The van der Waals surface area contributed by atoms with Gasteiger partial charge in [-0.2, -0.15) is 0 Å². The lowest BCUT2D eigenvalue weighted by Gasteiger charge is -2.37. The predicted molar refractivity (Wildman–Crippen MR) is 112 cm³/mol. The lowest BCUT2D eigenvalue weighted by Crippen LogP contribution is -2.52. The van der Waals surface area contributed by atoms with Crippen LogP contribution in [0.3, 0.4) is 0 Å². The van der Waals surface area contributed by atoms with Crippen LogP contribution in [-0.4, -0.2) is 47.9 Å². The highest BCUT2D eigenvalue weighted by Gasteiger charge is 2.26. The Morgan fingerprint density at radius 2 is 1.55 bits per heavy atom. The van der Waals surface area contributed by atoms with Crippen molar-refractivity contribution in [2.45, 2.75) is 39.3 Å². The molecule has 0 bridgehead atoms. The molecule has 1 aliphatic heterocycles. The molecule has 2 aromatic carbocycles. The Balaban J connectivity index is 1.51. The van der Waals surface area contributed by atoms with Crippen molar-refractivity contribution in [1.29, 1.82) is 0 Å². The molecular weight excluding hydrogens is 372 g/mol. The van der Waals surface area contributed by atoms with Crippen molar-refractivity contribution in [1.82, 2.24) is 9.80 Å². The Morgan fingerprint density at radius 3 is 2.10 bits per heavy atom. The van der Waals surface area contributed by atoms with Crippen LogP contribution >= 0.6 is 0 Å². The molecule has 1 saturated heterocycles. The molecule has 4 nitrogen and oxygen atoms in total. The third-order valence-corrected chi connectivity index (χ3v) is 5.60. The van der Waals surface area contributed by atoms with E-state index in [9.17, 15) is 13.6 Å². The molecule has 1 N–H and O–H groups in total. The highest BCUT2D eigenvalue weighted by Crippen LogP contribution is 2.20. The van der Waals surface area contributed by atoms with E-state index < -0.39 is 23.6 Å². The summed E-state index contributed by atoms with van der Waals surface area (Å²) in [5, 5.41) is 2.40. The summed E-state index contributed by atoms with van der Waals surface area (Å²) in [7, 11) is 0. The van der Waals surface area contributed by atoms with Gasteiger partial charge in [-0.3, -0.25) is 14.6 Å². The van der Waals surface area contributed by atoms with Crippen LogP contribution in [0.15, 0.2) is 42.5 Å². The monoisotopic (exact) mass is 401 g/mol. The molecule has 0 saturated carbocycles. The lowest BCUT2D eigenvalue weighted by molar-refractivity contribution is -0.121. The second kappa shape index (κ2) is 9.46. The van der Waals surface area contributed by atoms with Crippen LogP contribution in [0.5, 0.6) is 0 Å². The molecule has 2 aromatic rings. The molecule has 3 rings (SSSR count). The molecule has 156 valence electrons.